The quantitative estimate of drug-likeness (QED) is 0.652. The number of rotatable bonds is 3. The molecule has 0 aliphatic carbocycles. The maximum Gasteiger partial charge on any atom is 0.242 e. The van der Waals surface area contributed by atoms with Gasteiger partial charge in [0.1, 0.15) is 0 Å². The summed E-state index contributed by atoms with van der Waals surface area (Å²) in [5.41, 5.74) is 0. The van der Waals surface area contributed by atoms with Crippen molar-refractivity contribution in [3.63, 3.8) is 0 Å². The fourth-order valence-electron chi connectivity index (χ4n) is 2.52. The lowest BCUT2D eigenvalue weighted by atomic mass is 10.1. The van der Waals surface area contributed by atoms with Crippen molar-refractivity contribution in [2.24, 2.45) is 0 Å². The van der Waals surface area contributed by atoms with Crippen molar-refractivity contribution in [3.05, 3.63) is 0 Å². The van der Waals surface area contributed by atoms with Gasteiger partial charge in [0.05, 0.1) is 13.1 Å². The molecule has 0 bridgehead atoms. The summed E-state index contributed by atoms with van der Waals surface area (Å²) in [5, 5.41) is 6.22. The number of likely N-dealkylation sites (tertiary alicyclic amines) is 1. The van der Waals surface area contributed by atoms with E-state index in [-0.39, 0.29) is 18.4 Å². The number of likely N-dealkylation sites (N-methyl/N-ethyl adjacent to an activating group) is 1. The molecular formula is C12H22N4O2. The number of piperidine rings is 1. The number of amides is 2. The van der Waals surface area contributed by atoms with Crippen LogP contribution in [0.1, 0.15) is 12.8 Å². The van der Waals surface area contributed by atoms with Crippen molar-refractivity contribution in [2.75, 3.05) is 46.3 Å². The summed E-state index contributed by atoms with van der Waals surface area (Å²) in [6, 6.07) is 0.390. The standard InChI is InChI=1S/C12H22N4O2/c1-13-10-3-2-5-15(8-10)12(18)9-16-6-4-14-7-11(16)17/h10,13-14H,2-9H2,1H3/t10-/m0/s1. The number of hydrogen-bond acceptors (Lipinski definition) is 4. The van der Waals surface area contributed by atoms with Gasteiger partial charge in [-0.1, -0.05) is 0 Å². The van der Waals surface area contributed by atoms with Crippen LogP contribution < -0.4 is 10.6 Å². The second-order valence-corrected chi connectivity index (χ2v) is 4.96. The molecule has 6 heteroatoms. The first-order valence-corrected chi connectivity index (χ1v) is 6.64. The minimum Gasteiger partial charge on any atom is -0.340 e. The van der Waals surface area contributed by atoms with Crippen LogP contribution in [0.4, 0.5) is 0 Å². The van der Waals surface area contributed by atoms with Gasteiger partial charge in [-0.05, 0) is 19.9 Å². The Bertz CT molecular complexity index is 321. The molecule has 2 rings (SSSR count). The zero-order valence-electron chi connectivity index (χ0n) is 10.9. The zero-order chi connectivity index (χ0) is 13.0. The third-order valence-electron chi connectivity index (χ3n) is 3.70. The van der Waals surface area contributed by atoms with Crippen LogP contribution in [0.15, 0.2) is 0 Å². The molecule has 0 aromatic rings. The summed E-state index contributed by atoms with van der Waals surface area (Å²) in [4.78, 5) is 27.3. The third kappa shape index (κ3) is 3.20. The summed E-state index contributed by atoms with van der Waals surface area (Å²) in [6.45, 7) is 3.57. The Kier molecular flexibility index (Phi) is 4.54. The molecule has 0 aromatic carbocycles. The number of nitrogens with one attached hydrogen (secondary N) is 2. The van der Waals surface area contributed by atoms with Gasteiger partial charge in [-0.25, -0.2) is 0 Å². The molecule has 0 spiro atoms. The van der Waals surface area contributed by atoms with Crippen LogP contribution in [0.2, 0.25) is 0 Å². The Balaban J connectivity index is 1.85. The van der Waals surface area contributed by atoms with Gasteiger partial charge in [0, 0.05) is 32.2 Å². The summed E-state index contributed by atoms with van der Waals surface area (Å²) in [6.07, 6.45) is 2.15. The van der Waals surface area contributed by atoms with Gasteiger partial charge in [-0.15, -0.1) is 0 Å². The van der Waals surface area contributed by atoms with Gasteiger partial charge >= 0.3 is 0 Å². The maximum atomic E-state index is 12.2. The molecule has 2 N–H and O–H groups in total. The molecule has 1 atom stereocenters. The summed E-state index contributed by atoms with van der Waals surface area (Å²) < 4.78 is 0. The minimum atomic E-state index is 0.0248. The van der Waals surface area contributed by atoms with Crippen LogP contribution in [0.3, 0.4) is 0 Å². The van der Waals surface area contributed by atoms with Crippen LogP contribution in [0, 0.1) is 0 Å². The molecule has 2 heterocycles. The summed E-state index contributed by atoms with van der Waals surface area (Å²) in [5.74, 6) is 0.0991. The number of carbonyl (C=O) groups excluding carboxylic acids is 2. The van der Waals surface area contributed by atoms with Gasteiger partial charge < -0.3 is 20.4 Å². The SMILES string of the molecule is CN[C@H]1CCCN(C(=O)CN2CCNCC2=O)C1. The fraction of sp³-hybridized carbons (Fsp3) is 0.833. The highest BCUT2D eigenvalue weighted by molar-refractivity contribution is 5.86. The predicted molar refractivity (Wildman–Crippen MR) is 68.1 cm³/mol. The van der Waals surface area contributed by atoms with Gasteiger partial charge in [0.25, 0.3) is 0 Å². The third-order valence-corrected chi connectivity index (χ3v) is 3.70. The largest absolute Gasteiger partial charge is 0.340 e. The van der Waals surface area contributed by atoms with E-state index in [0.717, 1.165) is 32.5 Å². The van der Waals surface area contributed by atoms with E-state index < -0.39 is 0 Å². The molecule has 6 nitrogen and oxygen atoms in total. The zero-order valence-corrected chi connectivity index (χ0v) is 10.9. The van der Waals surface area contributed by atoms with Crippen molar-refractivity contribution >= 4 is 11.8 Å². The summed E-state index contributed by atoms with van der Waals surface area (Å²) >= 11 is 0. The second-order valence-electron chi connectivity index (χ2n) is 4.96. The monoisotopic (exact) mass is 254 g/mol. The molecule has 18 heavy (non-hydrogen) atoms. The number of nitrogens with zero attached hydrogens (tertiary/aromatic N) is 2. The van der Waals surface area contributed by atoms with E-state index in [1.807, 2.05) is 11.9 Å². The lowest BCUT2D eigenvalue weighted by molar-refractivity contribution is -0.141. The molecule has 0 saturated carbocycles. The average Bonchev–Trinajstić information content (AvgIpc) is 2.41. The van der Waals surface area contributed by atoms with Crippen molar-refractivity contribution in [1.82, 2.24) is 20.4 Å². The molecule has 2 aliphatic heterocycles. The van der Waals surface area contributed by atoms with Crippen molar-refractivity contribution in [3.8, 4) is 0 Å². The topological polar surface area (TPSA) is 64.7 Å². The van der Waals surface area contributed by atoms with E-state index in [4.69, 9.17) is 0 Å². The van der Waals surface area contributed by atoms with Crippen molar-refractivity contribution in [1.29, 1.82) is 0 Å². The van der Waals surface area contributed by atoms with Gasteiger partial charge in [-0.2, -0.15) is 0 Å². The Morgan fingerprint density at radius 3 is 3.06 bits per heavy atom. The van der Waals surface area contributed by atoms with Gasteiger partial charge in [0.15, 0.2) is 0 Å². The molecule has 2 fully saturated rings. The lowest BCUT2D eigenvalue weighted by Gasteiger charge is -2.35. The number of hydrogen-bond donors (Lipinski definition) is 2. The van der Waals surface area contributed by atoms with Gasteiger partial charge in [0.2, 0.25) is 11.8 Å². The van der Waals surface area contributed by atoms with E-state index in [9.17, 15) is 9.59 Å². The summed E-state index contributed by atoms with van der Waals surface area (Å²) in [7, 11) is 1.93. The molecule has 0 radical (unpaired) electrons. The van der Waals surface area contributed by atoms with Crippen LogP contribution in [-0.4, -0.2) is 74.0 Å². The molecular weight excluding hydrogens is 232 g/mol. The first-order valence-electron chi connectivity index (χ1n) is 6.64. The predicted octanol–water partition coefficient (Wildman–Crippen LogP) is -1.37. The van der Waals surface area contributed by atoms with Crippen LogP contribution in [-0.2, 0) is 9.59 Å². The molecule has 2 saturated heterocycles. The number of carbonyl (C=O) groups is 2. The Hall–Kier alpha value is -1.14. The molecule has 102 valence electrons. The molecule has 0 unspecified atom stereocenters. The molecule has 2 amide bonds. The Morgan fingerprint density at radius 2 is 2.33 bits per heavy atom. The maximum absolute atomic E-state index is 12.2. The first kappa shape index (κ1) is 13.3. The highest BCUT2D eigenvalue weighted by atomic mass is 16.2. The number of piperazine rings is 1. The smallest absolute Gasteiger partial charge is 0.242 e. The van der Waals surface area contributed by atoms with Crippen molar-refractivity contribution < 1.29 is 9.59 Å². The lowest BCUT2D eigenvalue weighted by Crippen LogP contribution is -2.54. The average molecular weight is 254 g/mol. The van der Waals surface area contributed by atoms with Crippen molar-refractivity contribution in [2.45, 2.75) is 18.9 Å². The van der Waals surface area contributed by atoms with Crippen LogP contribution in [0.5, 0.6) is 0 Å². The van der Waals surface area contributed by atoms with E-state index in [2.05, 4.69) is 10.6 Å². The Labute approximate surface area is 108 Å². The minimum absolute atomic E-state index is 0.0248. The first-order chi connectivity index (χ1) is 8.70. The molecule has 0 aromatic heterocycles. The fourth-order valence-corrected chi connectivity index (χ4v) is 2.52. The normalized spacial score (nSPS) is 25.4. The van der Waals surface area contributed by atoms with Crippen LogP contribution >= 0.6 is 0 Å². The van der Waals surface area contributed by atoms with E-state index in [1.165, 1.54) is 0 Å². The van der Waals surface area contributed by atoms with E-state index >= 15 is 0 Å². The second kappa shape index (κ2) is 6.15. The Morgan fingerprint density at radius 1 is 1.50 bits per heavy atom. The van der Waals surface area contributed by atoms with Gasteiger partial charge in [-0.3, -0.25) is 9.59 Å². The van der Waals surface area contributed by atoms with E-state index in [1.54, 1.807) is 4.90 Å². The highest BCUT2D eigenvalue weighted by Crippen LogP contribution is 2.10. The highest BCUT2D eigenvalue weighted by Gasteiger charge is 2.26. The van der Waals surface area contributed by atoms with Crippen LogP contribution in [0.25, 0.3) is 0 Å². The molecule has 2 aliphatic rings. The van der Waals surface area contributed by atoms with E-state index in [0.29, 0.717) is 19.1 Å².